The minimum atomic E-state index is 0.491. The van der Waals surface area contributed by atoms with Crippen molar-refractivity contribution in [2.45, 2.75) is 13.2 Å². The molecule has 1 aliphatic heterocycles. The highest BCUT2D eigenvalue weighted by Gasteiger charge is 2.10. The number of fused-ring (bicyclic) bond motifs is 1. The molecule has 1 aromatic rings. The molecule has 11 heavy (non-hydrogen) atoms. The van der Waals surface area contributed by atoms with Crippen LogP contribution in [-0.4, -0.2) is 22.7 Å². The normalized spacial score (nSPS) is 16.0. The molecule has 0 amide bonds. The highest BCUT2D eigenvalue weighted by Crippen LogP contribution is 2.08. The molecule has 58 valence electrons. The van der Waals surface area contributed by atoms with Gasteiger partial charge in [0.25, 0.3) is 0 Å². The summed E-state index contributed by atoms with van der Waals surface area (Å²) in [6.07, 6.45) is 0.755. The molecule has 0 N–H and O–H groups in total. The highest BCUT2D eigenvalue weighted by molar-refractivity contribution is 5.71. The zero-order valence-corrected chi connectivity index (χ0v) is 5.99. The van der Waals surface area contributed by atoms with Gasteiger partial charge in [0.2, 0.25) is 0 Å². The molecule has 0 fully saturated rings. The van der Waals surface area contributed by atoms with Crippen molar-refractivity contribution in [3.63, 3.8) is 0 Å². The molecule has 0 radical (unpaired) electrons. The van der Waals surface area contributed by atoms with E-state index in [1.54, 1.807) is 6.07 Å². The third kappa shape index (κ3) is 1.05. The van der Waals surface area contributed by atoms with Gasteiger partial charge in [-0.05, 0) is 6.07 Å². The van der Waals surface area contributed by atoms with Gasteiger partial charge >= 0.3 is 0 Å². The molecule has 2 heterocycles. The van der Waals surface area contributed by atoms with E-state index in [2.05, 4.69) is 5.10 Å². The number of aromatic nitrogens is 2. The van der Waals surface area contributed by atoms with Crippen LogP contribution in [0.3, 0.4) is 0 Å². The van der Waals surface area contributed by atoms with Gasteiger partial charge in [0, 0.05) is 0 Å². The molecule has 2 rings (SSSR count). The van der Waals surface area contributed by atoms with Crippen molar-refractivity contribution in [2.24, 2.45) is 0 Å². The Balaban J connectivity index is 2.39. The molecule has 0 bridgehead atoms. The van der Waals surface area contributed by atoms with E-state index in [1.807, 2.05) is 4.68 Å². The number of carbonyl (C=O) groups is 1. The first-order valence-corrected chi connectivity index (χ1v) is 3.50. The maximum absolute atomic E-state index is 10.3. The van der Waals surface area contributed by atoms with Gasteiger partial charge in [-0.1, -0.05) is 0 Å². The summed E-state index contributed by atoms with van der Waals surface area (Å²) >= 11 is 0. The van der Waals surface area contributed by atoms with Crippen molar-refractivity contribution in [1.29, 1.82) is 0 Å². The van der Waals surface area contributed by atoms with Crippen molar-refractivity contribution >= 4 is 6.29 Å². The van der Waals surface area contributed by atoms with Crippen LogP contribution in [0.4, 0.5) is 0 Å². The van der Waals surface area contributed by atoms with Gasteiger partial charge < -0.3 is 4.74 Å². The van der Waals surface area contributed by atoms with Crippen molar-refractivity contribution in [2.75, 3.05) is 6.61 Å². The predicted molar refractivity (Wildman–Crippen MR) is 37.3 cm³/mol. The fraction of sp³-hybridized carbons (Fsp3) is 0.429. The number of rotatable bonds is 1. The van der Waals surface area contributed by atoms with Gasteiger partial charge in [0.15, 0.2) is 6.29 Å². The third-order valence-corrected chi connectivity index (χ3v) is 1.70. The average molecular weight is 152 g/mol. The first-order valence-electron chi connectivity index (χ1n) is 3.50. The number of aldehydes is 1. The van der Waals surface area contributed by atoms with Gasteiger partial charge in [0.05, 0.1) is 25.5 Å². The van der Waals surface area contributed by atoms with E-state index in [0.29, 0.717) is 18.9 Å². The minimum Gasteiger partial charge on any atom is -0.373 e. The molecule has 4 nitrogen and oxygen atoms in total. The Morgan fingerprint density at radius 3 is 3.36 bits per heavy atom. The first-order chi connectivity index (χ1) is 5.40. The smallest absolute Gasteiger partial charge is 0.170 e. The van der Waals surface area contributed by atoms with Crippen LogP contribution < -0.4 is 0 Å². The standard InChI is InChI=1S/C7H8N2O2/c10-4-6-3-7-5-11-2-1-9(7)8-6/h3-4H,1-2,5H2. The monoisotopic (exact) mass is 152 g/mol. The number of ether oxygens (including phenoxy) is 1. The quantitative estimate of drug-likeness (QED) is 0.541. The Morgan fingerprint density at radius 2 is 2.64 bits per heavy atom. The average Bonchev–Trinajstić information content (AvgIpc) is 2.46. The van der Waals surface area contributed by atoms with E-state index < -0.39 is 0 Å². The molecule has 0 aromatic carbocycles. The Bertz CT molecular complexity index is 256. The van der Waals surface area contributed by atoms with Crippen LogP contribution in [-0.2, 0) is 17.9 Å². The lowest BCUT2D eigenvalue weighted by Gasteiger charge is -2.12. The minimum absolute atomic E-state index is 0.491. The van der Waals surface area contributed by atoms with Gasteiger partial charge in [-0.3, -0.25) is 9.48 Å². The topological polar surface area (TPSA) is 44.1 Å². The second kappa shape index (κ2) is 2.47. The van der Waals surface area contributed by atoms with Crippen LogP contribution in [0, 0.1) is 0 Å². The van der Waals surface area contributed by atoms with Crippen molar-refractivity contribution in [1.82, 2.24) is 9.78 Å². The Labute approximate surface area is 63.8 Å². The van der Waals surface area contributed by atoms with E-state index in [4.69, 9.17) is 4.74 Å². The zero-order chi connectivity index (χ0) is 7.68. The fourth-order valence-electron chi connectivity index (χ4n) is 1.17. The summed E-state index contributed by atoms with van der Waals surface area (Å²) in [7, 11) is 0. The molecule has 4 heteroatoms. The molecular weight excluding hydrogens is 144 g/mol. The summed E-state index contributed by atoms with van der Waals surface area (Å²) in [6.45, 7) is 2.01. The lowest BCUT2D eigenvalue weighted by molar-refractivity contribution is 0.0799. The van der Waals surface area contributed by atoms with E-state index in [0.717, 1.165) is 18.5 Å². The number of hydrogen-bond donors (Lipinski definition) is 0. The van der Waals surface area contributed by atoms with Gasteiger partial charge in [-0.25, -0.2) is 0 Å². The van der Waals surface area contributed by atoms with Crippen LogP contribution in [0.15, 0.2) is 6.07 Å². The largest absolute Gasteiger partial charge is 0.373 e. The van der Waals surface area contributed by atoms with E-state index in [1.165, 1.54) is 0 Å². The summed E-state index contributed by atoms with van der Waals surface area (Å²) in [5.41, 5.74) is 1.48. The van der Waals surface area contributed by atoms with Gasteiger partial charge in [-0.15, -0.1) is 0 Å². The van der Waals surface area contributed by atoms with Crippen molar-refractivity contribution in [3.05, 3.63) is 17.5 Å². The fourth-order valence-corrected chi connectivity index (χ4v) is 1.17. The van der Waals surface area contributed by atoms with Gasteiger partial charge in [0.1, 0.15) is 5.69 Å². The van der Waals surface area contributed by atoms with Crippen LogP contribution in [0.5, 0.6) is 0 Å². The number of carbonyl (C=O) groups excluding carboxylic acids is 1. The molecule has 1 aliphatic rings. The van der Waals surface area contributed by atoms with Crippen LogP contribution >= 0.6 is 0 Å². The zero-order valence-electron chi connectivity index (χ0n) is 5.99. The summed E-state index contributed by atoms with van der Waals surface area (Å²) in [5.74, 6) is 0. The molecule has 0 aliphatic carbocycles. The molecular formula is C7H8N2O2. The lowest BCUT2D eigenvalue weighted by Crippen LogP contribution is -2.16. The van der Waals surface area contributed by atoms with Crippen LogP contribution in [0.25, 0.3) is 0 Å². The molecule has 1 aromatic heterocycles. The van der Waals surface area contributed by atoms with E-state index >= 15 is 0 Å². The lowest BCUT2D eigenvalue weighted by atomic mass is 10.3. The molecule has 0 unspecified atom stereocenters. The Kier molecular flexibility index (Phi) is 1.47. The molecule has 0 saturated heterocycles. The summed E-state index contributed by atoms with van der Waals surface area (Å²) in [5, 5.41) is 4.04. The van der Waals surface area contributed by atoms with Crippen LogP contribution in [0.2, 0.25) is 0 Å². The van der Waals surface area contributed by atoms with E-state index in [-0.39, 0.29) is 0 Å². The molecule has 0 atom stereocenters. The highest BCUT2D eigenvalue weighted by atomic mass is 16.5. The predicted octanol–water partition coefficient (Wildman–Crippen LogP) is 0.226. The van der Waals surface area contributed by atoms with Crippen molar-refractivity contribution in [3.8, 4) is 0 Å². The first kappa shape index (κ1) is 6.54. The Hall–Kier alpha value is -1.16. The van der Waals surface area contributed by atoms with Crippen molar-refractivity contribution < 1.29 is 9.53 Å². The second-order valence-corrected chi connectivity index (χ2v) is 2.45. The van der Waals surface area contributed by atoms with Gasteiger partial charge in [-0.2, -0.15) is 5.10 Å². The maximum Gasteiger partial charge on any atom is 0.170 e. The molecule has 0 saturated carbocycles. The third-order valence-electron chi connectivity index (χ3n) is 1.70. The number of hydrogen-bond acceptors (Lipinski definition) is 3. The second-order valence-electron chi connectivity index (χ2n) is 2.45. The summed E-state index contributed by atoms with van der Waals surface area (Å²) < 4.78 is 6.99. The number of nitrogens with zero attached hydrogens (tertiary/aromatic N) is 2. The van der Waals surface area contributed by atoms with E-state index in [9.17, 15) is 4.79 Å². The SMILES string of the molecule is O=Cc1cc2n(n1)CCOC2. The summed E-state index contributed by atoms with van der Waals surface area (Å²) in [4.78, 5) is 10.3. The van der Waals surface area contributed by atoms with Crippen LogP contribution in [0.1, 0.15) is 16.2 Å². The Morgan fingerprint density at radius 1 is 1.73 bits per heavy atom. The maximum atomic E-state index is 10.3. The molecule has 0 spiro atoms. The summed E-state index contributed by atoms with van der Waals surface area (Å²) in [6, 6.07) is 1.76.